The van der Waals surface area contributed by atoms with Crippen molar-refractivity contribution >= 4 is 57.0 Å². The summed E-state index contributed by atoms with van der Waals surface area (Å²) in [4.78, 5) is 19.8. The van der Waals surface area contributed by atoms with Crippen LogP contribution in [0.25, 0.3) is 0 Å². The van der Waals surface area contributed by atoms with Crippen LogP contribution in [0.3, 0.4) is 0 Å². The monoisotopic (exact) mass is 387 g/mol. The van der Waals surface area contributed by atoms with Gasteiger partial charge in [-0.25, -0.2) is 4.98 Å². The second-order valence-corrected chi connectivity index (χ2v) is 7.95. The van der Waals surface area contributed by atoms with E-state index < -0.39 is 0 Å². The number of carbonyl (C=O) groups is 1. The Bertz CT molecular complexity index is 928. The standard InChI is InChI=1S/C18H14ClN3OS2/c19-12-4-1-2-5-13(12)21-17(23)15-7-8-16(25-15)22-10-11-24-18-14(22)6-3-9-20-18/h1-9H,10-11H2,(H,21,23). The number of halogens is 1. The molecular weight excluding hydrogens is 374 g/mol. The second kappa shape index (κ2) is 7.07. The number of pyridine rings is 1. The Labute approximate surface area is 158 Å². The zero-order valence-corrected chi connectivity index (χ0v) is 15.5. The lowest BCUT2D eigenvalue weighted by atomic mass is 10.3. The van der Waals surface area contributed by atoms with Crippen molar-refractivity contribution in [2.75, 3.05) is 22.5 Å². The van der Waals surface area contributed by atoms with Gasteiger partial charge in [0.25, 0.3) is 5.91 Å². The molecule has 4 nitrogen and oxygen atoms in total. The van der Waals surface area contributed by atoms with Crippen LogP contribution in [0.4, 0.5) is 16.4 Å². The smallest absolute Gasteiger partial charge is 0.265 e. The van der Waals surface area contributed by atoms with Crippen LogP contribution >= 0.6 is 34.7 Å². The number of nitrogens with one attached hydrogen (secondary N) is 1. The number of benzene rings is 1. The average Bonchev–Trinajstić information content (AvgIpc) is 3.13. The zero-order chi connectivity index (χ0) is 17.2. The number of thioether (sulfide) groups is 1. The highest BCUT2D eigenvalue weighted by atomic mass is 35.5. The molecule has 1 N–H and O–H groups in total. The number of amides is 1. The molecule has 3 heterocycles. The fourth-order valence-electron chi connectivity index (χ4n) is 2.62. The van der Waals surface area contributed by atoms with E-state index in [2.05, 4.69) is 21.3 Å². The number of hydrogen-bond donors (Lipinski definition) is 1. The summed E-state index contributed by atoms with van der Waals surface area (Å²) in [5, 5.41) is 5.47. The maximum absolute atomic E-state index is 12.5. The molecule has 0 bridgehead atoms. The summed E-state index contributed by atoms with van der Waals surface area (Å²) >= 11 is 9.34. The van der Waals surface area contributed by atoms with Gasteiger partial charge in [-0.05, 0) is 36.4 Å². The predicted molar refractivity (Wildman–Crippen MR) is 106 cm³/mol. The lowest BCUT2D eigenvalue weighted by molar-refractivity contribution is 0.103. The normalized spacial score (nSPS) is 13.4. The second-order valence-electron chi connectivity index (χ2n) is 5.40. The SMILES string of the molecule is O=C(Nc1ccccc1Cl)c1ccc(N2CCSc3ncccc32)s1. The number of carbonyl (C=O) groups excluding carboxylic acids is 1. The first-order chi connectivity index (χ1) is 12.2. The number of aromatic nitrogens is 1. The first-order valence-electron chi connectivity index (χ1n) is 7.73. The van der Waals surface area contributed by atoms with Crippen LogP contribution in [0.1, 0.15) is 9.67 Å². The number of para-hydroxylation sites is 1. The first kappa shape index (κ1) is 16.4. The number of nitrogens with zero attached hydrogens (tertiary/aromatic N) is 2. The molecule has 1 aromatic carbocycles. The summed E-state index contributed by atoms with van der Waals surface area (Å²) in [7, 11) is 0. The summed E-state index contributed by atoms with van der Waals surface area (Å²) < 4.78 is 0. The molecule has 1 aliphatic rings. The van der Waals surface area contributed by atoms with E-state index in [0.29, 0.717) is 15.6 Å². The first-order valence-corrected chi connectivity index (χ1v) is 9.91. The van der Waals surface area contributed by atoms with E-state index in [9.17, 15) is 4.79 Å². The maximum Gasteiger partial charge on any atom is 0.265 e. The minimum absolute atomic E-state index is 0.151. The van der Waals surface area contributed by atoms with Gasteiger partial charge in [0, 0.05) is 18.5 Å². The van der Waals surface area contributed by atoms with Crippen molar-refractivity contribution in [1.29, 1.82) is 0 Å². The third-order valence-corrected chi connectivity index (χ3v) is 6.21. The molecule has 126 valence electrons. The van der Waals surface area contributed by atoms with Crippen molar-refractivity contribution < 1.29 is 4.79 Å². The van der Waals surface area contributed by atoms with Crippen LogP contribution < -0.4 is 10.2 Å². The van der Waals surface area contributed by atoms with Gasteiger partial charge < -0.3 is 10.2 Å². The van der Waals surface area contributed by atoms with Gasteiger partial charge >= 0.3 is 0 Å². The van der Waals surface area contributed by atoms with Gasteiger partial charge in [0.15, 0.2) is 0 Å². The molecule has 3 aromatic rings. The minimum Gasteiger partial charge on any atom is -0.330 e. The molecule has 0 radical (unpaired) electrons. The van der Waals surface area contributed by atoms with Crippen molar-refractivity contribution in [1.82, 2.24) is 4.98 Å². The fraction of sp³-hybridized carbons (Fsp3) is 0.111. The van der Waals surface area contributed by atoms with Gasteiger partial charge in [-0.15, -0.1) is 23.1 Å². The van der Waals surface area contributed by atoms with Gasteiger partial charge in [-0.1, -0.05) is 23.7 Å². The Kier molecular flexibility index (Phi) is 4.65. The van der Waals surface area contributed by atoms with E-state index in [0.717, 1.165) is 28.0 Å². The molecule has 1 aliphatic heterocycles. The van der Waals surface area contributed by atoms with Gasteiger partial charge in [-0.3, -0.25) is 4.79 Å². The lowest BCUT2D eigenvalue weighted by Gasteiger charge is -2.28. The van der Waals surface area contributed by atoms with E-state index in [1.165, 1.54) is 11.3 Å². The number of anilines is 3. The molecule has 0 saturated heterocycles. The quantitative estimate of drug-likeness (QED) is 0.663. The number of rotatable bonds is 3. The summed E-state index contributed by atoms with van der Waals surface area (Å²) in [5.41, 5.74) is 1.71. The summed E-state index contributed by atoms with van der Waals surface area (Å²) in [6.45, 7) is 0.898. The number of thiophene rings is 1. The molecule has 0 unspecified atom stereocenters. The van der Waals surface area contributed by atoms with Crippen LogP contribution in [0, 0.1) is 0 Å². The Balaban J connectivity index is 1.57. The molecule has 0 spiro atoms. The van der Waals surface area contributed by atoms with Crippen molar-refractivity contribution in [3.8, 4) is 0 Å². The third-order valence-electron chi connectivity index (χ3n) is 3.80. The topological polar surface area (TPSA) is 45.2 Å². The van der Waals surface area contributed by atoms with Gasteiger partial charge in [0.2, 0.25) is 0 Å². The molecule has 0 atom stereocenters. The van der Waals surface area contributed by atoms with Gasteiger partial charge in [-0.2, -0.15) is 0 Å². The molecule has 7 heteroatoms. The van der Waals surface area contributed by atoms with Gasteiger partial charge in [0.05, 0.1) is 26.3 Å². The Morgan fingerprint density at radius 3 is 2.92 bits per heavy atom. The summed E-state index contributed by atoms with van der Waals surface area (Å²) in [6, 6.07) is 15.1. The molecule has 2 aromatic heterocycles. The van der Waals surface area contributed by atoms with E-state index in [1.54, 1.807) is 23.9 Å². The van der Waals surface area contributed by atoms with Crippen LogP contribution in [0.5, 0.6) is 0 Å². The van der Waals surface area contributed by atoms with Crippen LogP contribution in [-0.2, 0) is 0 Å². The van der Waals surface area contributed by atoms with E-state index in [4.69, 9.17) is 11.6 Å². The zero-order valence-electron chi connectivity index (χ0n) is 13.1. The Morgan fingerprint density at radius 1 is 1.16 bits per heavy atom. The average molecular weight is 388 g/mol. The molecular formula is C18H14ClN3OS2. The van der Waals surface area contributed by atoms with Crippen molar-refractivity contribution in [2.24, 2.45) is 0 Å². The van der Waals surface area contributed by atoms with Crippen molar-refractivity contribution in [3.05, 3.63) is 64.6 Å². The maximum atomic E-state index is 12.5. The highest BCUT2D eigenvalue weighted by Gasteiger charge is 2.22. The fourth-order valence-corrected chi connectivity index (χ4v) is 4.68. The summed E-state index contributed by atoms with van der Waals surface area (Å²) in [5.74, 6) is 0.824. The van der Waals surface area contributed by atoms with E-state index in [1.807, 2.05) is 36.5 Å². The minimum atomic E-state index is -0.151. The van der Waals surface area contributed by atoms with Crippen molar-refractivity contribution in [3.63, 3.8) is 0 Å². The lowest BCUT2D eigenvalue weighted by Crippen LogP contribution is -2.23. The molecule has 1 amide bonds. The van der Waals surface area contributed by atoms with Crippen LogP contribution in [-0.4, -0.2) is 23.2 Å². The molecule has 4 rings (SSSR count). The molecule has 25 heavy (non-hydrogen) atoms. The van der Waals surface area contributed by atoms with Gasteiger partial charge in [0.1, 0.15) is 5.03 Å². The third kappa shape index (κ3) is 3.38. The van der Waals surface area contributed by atoms with E-state index in [-0.39, 0.29) is 5.91 Å². The molecule has 0 fully saturated rings. The highest BCUT2D eigenvalue weighted by molar-refractivity contribution is 7.99. The molecule has 0 aliphatic carbocycles. The van der Waals surface area contributed by atoms with Crippen molar-refractivity contribution in [2.45, 2.75) is 5.03 Å². The van der Waals surface area contributed by atoms with Crippen LogP contribution in [0.2, 0.25) is 5.02 Å². The summed E-state index contributed by atoms with van der Waals surface area (Å²) in [6.07, 6.45) is 1.81. The van der Waals surface area contributed by atoms with E-state index >= 15 is 0 Å². The number of hydrogen-bond acceptors (Lipinski definition) is 5. The number of fused-ring (bicyclic) bond motifs is 1. The largest absolute Gasteiger partial charge is 0.330 e. The highest BCUT2D eigenvalue weighted by Crippen LogP contribution is 2.40. The molecule has 0 saturated carbocycles. The Hall–Kier alpha value is -2.02. The Morgan fingerprint density at radius 2 is 2.04 bits per heavy atom. The predicted octanol–water partition coefficient (Wildman–Crippen LogP) is 5.29. The van der Waals surface area contributed by atoms with Crippen LogP contribution in [0.15, 0.2) is 59.8 Å².